The molecule has 2 heterocycles. The molecule has 236 valence electrons. The Labute approximate surface area is 249 Å². The second kappa shape index (κ2) is 13.1. The molecule has 1 fully saturated rings. The molecule has 43 heavy (non-hydrogen) atoms. The van der Waals surface area contributed by atoms with Gasteiger partial charge in [0.2, 0.25) is 5.91 Å². The van der Waals surface area contributed by atoms with Gasteiger partial charge in [0.15, 0.2) is 0 Å². The second-order valence-corrected chi connectivity index (χ2v) is 11.6. The van der Waals surface area contributed by atoms with Crippen LogP contribution in [-0.4, -0.2) is 66.3 Å². The van der Waals surface area contributed by atoms with Crippen molar-refractivity contribution < 1.29 is 57.2 Å². The van der Waals surface area contributed by atoms with Gasteiger partial charge in [0, 0.05) is 64.4 Å². The Morgan fingerprint density at radius 2 is 1.60 bits per heavy atom. The summed E-state index contributed by atoms with van der Waals surface area (Å²) >= 11 is 0. The summed E-state index contributed by atoms with van der Waals surface area (Å²) in [5.41, 5.74) is 5.68. The predicted molar refractivity (Wildman–Crippen MR) is 148 cm³/mol. The molecule has 1 saturated heterocycles. The van der Waals surface area contributed by atoms with Crippen molar-refractivity contribution in [2.45, 2.75) is 105 Å². The number of nitrogens with two attached hydrogens (primary N) is 1. The first-order valence-electron chi connectivity index (χ1n) is 14.0. The monoisotopic (exact) mass is 605 g/mol. The first-order valence-corrected chi connectivity index (χ1v) is 14.0. The highest BCUT2D eigenvalue weighted by molar-refractivity contribution is 5.97. The normalized spacial score (nSPS) is 24.0. The maximum Gasteiger partial charge on any atom is 0.342 e. The third-order valence-electron chi connectivity index (χ3n) is 7.99. The number of esters is 5. The second-order valence-electron chi connectivity index (χ2n) is 11.6. The molecule has 0 aliphatic carbocycles. The SMILES string of the molecule is CC(=O)Oc1cc(OC(C)=O)c2c(c1C)CC([C@H](C)[C@H](CC1O[C@H](C(N)=O)C[C@H](OC(C)=O)C1(C)C)OC(C)=O)OC2=O. The number of benzene rings is 1. The van der Waals surface area contributed by atoms with E-state index >= 15 is 0 Å². The summed E-state index contributed by atoms with van der Waals surface area (Å²) in [5.74, 6) is -4.52. The van der Waals surface area contributed by atoms with Crippen LogP contribution < -0.4 is 15.2 Å². The molecule has 0 spiro atoms. The topological polar surface area (TPSA) is 184 Å². The van der Waals surface area contributed by atoms with E-state index in [1.165, 1.54) is 33.8 Å². The maximum absolute atomic E-state index is 13.3. The number of hydrogen-bond acceptors (Lipinski definition) is 12. The lowest BCUT2D eigenvalue weighted by Gasteiger charge is -2.47. The number of primary amides is 1. The fraction of sp³-hybridized carbons (Fsp3) is 0.600. The lowest BCUT2D eigenvalue weighted by Crippen LogP contribution is -2.56. The molecule has 2 N–H and O–H groups in total. The molecular formula is C30H39NO12. The Balaban J connectivity index is 1.99. The van der Waals surface area contributed by atoms with Crippen LogP contribution >= 0.6 is 0 Å². The van der Waals surface area contributed by atoms with E-state index < -0.39 is 77.6 Å². The number of ether oxygens (including phenoxy) is 6. The van der Waals surface area contributed by atoms with Crippen LogP contribution in [-0.2, 0) is 49.3 Å². The van der Waals surface area contributed by atoms with Crippen molar-refractivity contribution in [2.75, 3.05) is 0 Å². The van der Waals surface area contributed by atoms with Gasteiger partial charge in [-0.05, 0) is 18.1 Å². The van der Waals surface area contributed by atoms with E-state index in [4.69, 9.17) is 34.2 Å². The highest BCUT2D eigenvalue weighted by atomic mass is 16.6. The number of amides is 1. The van der Waals surface area contributed by atoms with Gasteiger partial charge in [-0.25, -0.2) is 4.79 Å². The summed E-state index contributed by atoms with van der Waals surface area (Å²) in [6, 6.07) is 1.29. The van der Waals surface area contributed by atoms with Crippen LogP contribution in [0.2, 0.25) is 0 Å². The van der Waals surface area contributed by atoms with Crippen molar-refractivity contribution in [3.63, 3.8) is 0 Å². The molecular weight excluding hydrogens is 566 g/mol. The Bertz CT molecular complexity index is 1320. The van der Waals surface area contributed by atoms with Crippen LogP contribution in [0.3, 0.4) is 0 Å². The molecule has 0 bridgehead atoms. The van der Waals surface area contributed by atoms with E-state index in [1.54, 1.807) is 13.8 Å². The van der Waals surface area contributed by atoms with Gasteiger partial charge in [0.25, 0.3) is 0 Å². The molecule has 0 aromatic heterocycles. The van der Waals surface area contributed by atoms with E-state index in [9.17, 15) is 28.8 Å². The highest BCUT2D eigenvalue weighted by Gasteiger charge is 2.50. The molecule has 1 aromatic rings. The van der Waals surface area contributed by atoms with Gasteiger partial charge in [-0.15, -0.1) is 0 Å². The Hall–Kier alpha value is -4.00. The van der Waals surface area contributed by atoms with E-state index in [0.717, 1.165) is 0 Å². The summed E-state index contributed by atoms with van der Waals surface area (Å²) < 4.78 is 33.7. The molecule has 2 aliphatic heterocycles. The standard InChI is InChI=1S/C30H39NO12/c1-13-19-9-20(43-29(37)27(19)23(40-17(5)34)10-21(13)38-15(3)32)14(2)22(39-16(4)33)11-26-30(7,8)25(41-18(6)35)12-24(42-26)28(31)36/h10,14,20,22,24-26H,9,11-12H2,1-8H3,(H2,31,36)/t14-,20?,22-,24-,25-,26?/m0/s1. The fourth-order valence-electron chi connectivity index (χ4n) is 5.60. The molecule has 2 unspecified atom stereocenters. The van der Waals surface area contributed by atoms with Gasteiger partial charge in [-0.3, -0.25) is 24.0 Å². The third-order valence-corrected chi connectivity index (χ3v) is 7.99. The molecule has 1 amide bonds. The Morgan fingerprint density at radius 3 is 2.14 bits per heavy atom. The lowest BCUT2D eigenvalue weighted by atomic mass is 9.72. The molecule has 0 radical (unpaired) electrons. The number of carbonyl (C=O) groups is 6. The van der Waals surface area contributed by atoms with Crippen LogP contribution in [0, 0.1) is 18.3 Å². The van der Waals surface area contributed by atoms with Gasteiger partial charge in [-0.2, -0.15) is 0 Å². The van der Waals surface area contributed by atoms with Crippen molar-refractivity contribution in [3.05, 3.63) is 22.8 Å². The smallest absolute Gasteiger partial charge is 0.342 e. The van der Waals surface area contributed by atoms with Crippen LogP contribution in [0.1, 0.15) is 82.8 Å². The average Bonchev–Trinajstić information content (AvgIpc) is 2.86. The first kappa shape index (κ1) is 33.5. The minimum atomic E-state index is -1.04. The molecule has 13 nitrogen and oxygen atoms in total. The Kier molecular flexibility index (Phi) is 10.2. The van der Waals surface area contributed by atoms with Gasteiger partial charge in [0.05, 0.1) is 6.10 Å². The van der Waals surface area contributed by atoms with Crippen molar-refractivity contribution in [3.8, 4) is 11.5 Å². The Morgan fingerprint density at radius 1 is 1.00 bits per heavy atom. The zero-order chi connectivity index (χ0) is 32.4. The molecule has 0 saturated carbocycles. The van der Waals surface area contributed by atoms with Crippen molar-refractivity contribution in [2.24, 2.45) is 17.1 Å². The largest absolute Gasteiger partial charge is 0.462 e. The van der Waals surface area contributed by atoms with Crippen LogP contribution in [0.15, 0.2) is 6.07 Å². The predicted octanol–water partition coefficient (Wildman–Crippen LogP) is 2.49. The van der Waals surface area contributed by atoms with Crippen LogP contribution in [0.25, 0.3) is 0 Å². The van der Waals surface area contributed by atoms with E-state index in [1.807, 2.05) is 13.8 Å². The van der Waals surface area contributed by atoms with E-state index in [0.29, 0.717) is 11.1 Å². The molecule has 6 atom stereocenters. The summed E-state index contributed by atoms with van der Waals surface area (Å²) in [6.45, 7) is 11.9. The molecule has 13 heteroatoms. The molecule has 2 aliphatic rings. The average molecular weight is 606 g/mol. The van der Waals surface area contributed by atoms with E-state index in [-0.39, 0.29) is 36.3 Å². The van der Waals surface area contributed by atoms with Crippen LogP contribution in [0.4, 0.5) is 0 Å². The lowest BCUT2D eigenvalue weighted by molar-refractivity contribution is -0.206. The highest BCUT2D eigenvalue weighted by Crippen LogP contribution is 2.43. The summed E-state index contributed by atoms with van der Waals surface area (Å²) in [4.78, 5) is 73.0. The minimum Gasteiger partial charge on any atom is -0.462 e. The van der Waals surface area contributed by atoms with Crippen LogP contribution in [0.5, 0.6) is 11.5 Å². The zero-order valence-electron chi connectivity index (χ0n) is 25.6. The summed E-state index contributed by atoms with van der Waals surface area (Å²) in [5, 5.41) is 0. The van der Waals surface area contributed by atoms with Crippen molar-refractivity contribution in [1.82, 2.24) is 0 Å². The molecule has 3 rings (SSSR count). The number of rotatable bonds is 9. The maximum atomic E-state index is 13.3. The summed E-state index contributed by atoms with van der Waals surface area (Å²) in [7, 11) is 0. The van der Waals surface area contributed by atoms with Gasteiger partial charge in [-0.1, -0.05) is 20.8 Å². The number of carbonyl (C=O) groups excluding carboxylic acids is 6. The quantitative estimate of drug-likeness (QED) is 0.247. The number of fused-ring (bicyclic) bond motifs is 1. The van der Waals surface area contributed by atoms with Crippen molar-refractivity contribution >= 4 is 35.8 Å². The molecule has 1 aromatic carbocycles. The van der Waals surface area contributed by atoms with E-state index in [2.05, 4.69) is 0 Å². The number of hydrogen-bond donors (Lipinski definition) is 1. The number of cyclic esters (lactones) is 1. The first-order chi connectivity index (χ1) is 19.9. The summed E-state index contributed by atoms with van der Waals surface area (Å²) in [6.07, 6.45) is -3.98. The van der Waals surface area contributed by atoms with Gasteiger partial charge in [0.1, 0.15) is 41.5 Å². The van der Waals surface area contributed by atoms with Crippen molar-refractivity contribution in [1.29, 1.82) is 0 Å². The minimum absolute atomic E-state index is 0.0290. The van der Waals surface area contributed by atoms with Gasteiger partial charge < -0.3 is 34.2 Å². The zero-order valence-corrected chi connectivity index (χ0v) is 25.6. The third kappa shape index (κ3) is 7.70. The van der Waals surface area contributed by atoms with Gasteiger partial charge >= 0.3 is 29.8 Å². The fourth-order valence-corrected chi connectivity index (χ4v) is 5.60.